The lowest BCUT2D eigenvalue weighted by Gasteiger charge is -2.25. The Labute approximate surface area is 112 Å². The highest BCUT2D eigenvalue weighted by atomic mass is 16.5. The molecular formula is C13H20N2O4. The molecule has 1 heterocycles. The van der Waals surface area contributed by atoms with Crippen LogP contribution in [-0.2, 0) is 4.79 Å². The van der Waals surface area contributed by atoms with E-state index in [0.717, 1.165) is 0 Å². The summed E-state index contributed by atoms with van der Waals surface area (Å²) in [6.45, 7) is 7.69. The van der Waals surface area contributed by atoms with E-state index in [1.807, 2.05) is 20.8 Å². The molecule has 6 nitrogen and oxygen atoms in total. The average Bonchev–Trinajstić information content (AvgIpc) is 2.60. The lowest BCUT2D eigenvalue weighted by atomic mass is 9.87. The molecule has 1 amide bonds. The van der Waals surface area contributed by atoms with Crippen LogP contribution in [0.2, 0.25) is 0 Å². The number of carbonyl (C=O) groups is 2. The van der Waals surface area contributed by atoms with Crippen molar-refractivity contribution in [2.24, 2.45) is 5.41 Å². The summed E-state index contributed by atoms with van der Waals surface area (Å²) in [6, 6.07) is -0.436. The lowest BCUT2D eigenvalue weighted by Crippen LogP contribution is -2.39. The highest BCUT2D eigenvalue weighted by Gasteiger charge is 2.25. The molecule has 0 saturated carbocycles. The number of aryl methyl sites for hydroxylation is 1. The van der Waals surface area contributed by atoms with Crippen molar-refractivity contribution in [2.45, 2.75) is 46.6 Å². The van der Waals surface area contributed by atoms with Gasteiger partial charge in [-0.05, 0) is 18.8 Å². The van der Waals surface area contributed by atoms with Crippen molar-refractivity contribution < 1.29 is 19.2 Å². The van der Waals surface area contributed by atoms with Crippen molar-refractivity contribution >= 4 is 11.9 Å². The van der Waals surface area contributed by atoms with Crippen molar-refractivity contribution in [3.05, 3.63) is 17.5 Å². The van der Waals surface area contributed by atoms with Crippen LogP contribution in [0.5, 0.6) is 0 Å². The zero-order chi connectivity index (χ0) is 14.6. The first-order valence-corrected chi connectivity index (χ1v) is 6.13. The first-order chi connectivity index (χ1) is 8.69. The maximum absolute atomic E-state index is 12.0. The van der Waals surface area contributed by atoms with Crippen molar-refractivity contribution in [2.75, 3.05) is 0 Å². The van der Waals surface area contributed by atoms with Gasteiger partial charge in [-0.15, -0.1) is 0 Å². The van der Waals surface area contributed by atoms with Crippen molar-refractivity contribution in [3.8, 4) is 0 Å². The number of amides is 1. The molecule has 1 atom stereocenters. The molecule has 0 spiro atoms. The monoisotopic (exact) mass is 268 g/mol. The fraction of sp³-hybridized carbons (Fsp3) is 0.615. The summed E-state index contributed by atoms with van der Waals surface area (Å²) in [5.74, 6) is -1.24. The Morgan fingerprint density at radius 1 is 1.47 bits per heavy atom. The molecule has 106 valence electrons. The van der Waals surface area contributed by atoms with Crippen molar-refractivity contribution in [1.82, 2.24) is 10.5 Å². The molecule has 0 fully saturated rings. The van der Waals surface area contributed by atoms with Crippen LogP contribution in [0.1, 0.15) is 49.7 Å². The molecule has 19 heavy (non-hydrogen) atoms. The molecule has 0 radical (unpaired) electrons. The lowest BCUT2D eigenvalue weighted by molar-refractivity contribution is -0.137. The molecule has 0 saturated heterocycles. The van der Waals surface area contributed by atoms with Gasteiger partial charge in [0.2, 0.25) is 5.76 Å². The van der Waals surface area contributed by atoms with Gasteiger partial charge in [-0.3, -0.25) is 9.59 Å². The number of carbonyl (C=O) groups excluding carboxylic acids is 1. The third-order valence-corrected chi connectivity index (χ3v) is 2.57. The summed E-state index contributed by atoms with van der Waals surface area (Å²) < 4.78 is 4.85. The fourth-order valence-corrected chi connectivity index (χ4v) is 1.88. The number of carboxylic acid groups (broad SMARTS) is 1. The molecule has 1 unspecified atom stereocenters. The summed E-state index contributed by atoms with van der Waals surface area (Å²) in [7, 11) is 0. The number of hydrogen-bond donors (Lipinski definition) is 2. The number of nitrogens with zero attached hydrogens (tertiary/aromatic N) is 1. The topological polar surface area (TPSA) is 92.4 Å². The molecule has 0 bridgehead atoms. The van der Waals surface area contributed by atoms with Gasteiger partial charge in [-0.2, -0.15) is 0 Å². The van der Waals surface area contributed by atoms with Crippen LogP contribution in [0.15, 0.2) is 10.7 Å². The second-order valence-electron chi connectivity index (χ2n) is 5.87. The summed E-state index contributed by atoms with van der Waals surface area (Å²) in [5, 5.41) is 15.1. The van der Waals surface area contributed by atoms with E-state index in [-0.39, 0.29) is 17.6 Å². The van der Waals surface area contributed by atoms with Crippen molar-refractivity contribution in [1.29, 1.82) is 0 Å². The van der Waals surface area contributed by atoms with E-state index in [1.165, 1.54) is 6.20 Å². The predicted octanol–water partition coefficient (Wildman–Crippen LogP) is 1.99. The quantitative estimate of drug-likeness (QED) is 0.852. The fourth-order valence-electron chi connectivity index (χ4n) is 1.88. The van der Waals surface area contributed by atoms with Gasteiger partial charge in [0.25, 0.3) is 5.91 Å². The molecule has 0 aliphatic rings. The number of aromatic nitrogens is 1. The maximum atomic E-state index is 12.0. The molecule has 1 aromatic heterocycles. The Morgan fingerprint density at radius 2 is 2.11 bits per heavy atom. The summed E-state index contributed by atoms with van der Waals surface area (Å²) in [6.07, 6.45) is 1.90. The molecule has 6 heteroatoms. The Balaban J connectivity index is 2.74. The van der Waals surface area contributed by atoms with Gasteiger partial charge in [0.15, 0.2) is 0 Å². The molecule has 1 rings (SSSR count). The molecule has 0 aliphatic carbocycles. The Morgan fingerprint density at radius 3 is 2.53 bits per heavy atom. The Bertz CT molecular complexity index is 459. The zero-order valence-electron chi connectivity index (χ0n) is 11.7. The van der Waals surface area contributed by atoms with E-state index >= 15 is 0 Å². The first kappa shape index (κ1) is 15.2. The van der Waals surface area contributed by atoms with Crippen LogP contribution in [0.25, 0.3) is 0 Å². The van der Waals surface area contributed by atoms with Crippen LogP contribution < -0.4 is 5.32 Å². The molecule has 0 aliphatic heterocycles. The minimum Gasteiger partial charge on any atom is -0.481 e. The SMILES string of the molecule is Cc1cnoc1C(=O)NC(CC(=O)O)CC(C)(C)C. The standard InChI is InChI=1S/C13H20N2O4/c1-8-7-14-19-11(8)12(18)15-9(5-10(16)17)6-13(2,3)4/h7,9H,5-6H2,1-4H3,(H,15,18)(H,16,17). The van der Waals surface area contributed by atoms with Gasteiger partial charge in [0.1, 0.15) is 0 Å². The van der Waals surface area contributed by atoms with E-state index in [0.29, 0.717) is 12.0 Å². The minimum atomic E-state index is -0.941. The number of aliphatic carboxylic acids is 1. The normalized spacial score (nSPS) is 13.1. The van der Waals surface area contributed by atoms with Gasteiger partial charge in [0.05, 0.1) is 12.6 Å². The first-order valence-electron chi connectivity index (χ1n) is 6.13. The minimum absolute atomic E-state index is 0.0795. The average molecular weight is 268 g/mol. The van der Waals surface area contributed by atoms with Gasteiger partial charge in [0, 0.05) is 11.6 Å². The molecular weight excluding hydrogens is 248 g/mol. The van der Waals surface area contributed by atoms with E-state index in [2.05, 4.69) is 10.5 Å². The third-order valence-electron chi connectivity index (χ3n) is 2.57. The summed E-state index contributed by atoms with van der Waals surface area (Å²) in [5.41, 5.74) is 0.548. The second-order valence-corrected chi connectivity index (χ2v) is 5.87. The van der Waals surface area contributed by atoms with Crippen LogP contribution >= 0.6 is 0 Å². The van der Waals surface area contributed by atoms with E-state index in [9.17, 15) is 9.59 Å². The largest absolute Gasteiger partial charge is 0.481 e. The third kappa shape index (κ3) is 5.11. The second kappa shape index (κ2) is 5.86. The Kier molecular flexibility index (Phi) is 4.69. The predicted molar refractivity (Wildman–Crippen MR) is 68.8 cm³/mol. The van der Waals surface area contributed by atoms with Crippen molar-refractivity contribution in [3.63, 3.8) is 0 Å². The number of nitrogens with one attached hydrogen (secondary N) is 1. The van der Waals surface area contributed by atoms with Crippen LogP contribution in [-0.4, -0.2) is 28.2 Å². The highest BCUT2D eigenvalue weighted by Crippen LogP contribution is 2.22. The van der Waals surface area contributed by atoms with Gasteiger partial charge >= 0.3 is 5.97 Å². The highest BCUT2D eigenvalue weighted by molar-refractivity contribution is 5.93. The number of rotatable bonds is 5. The van der Waals surface area contributed by atoms with Gasteiger partial charge in [-0.1, -0.05) is 25.9 Å². The molecule has 2 N–H and O–H groups in total. The van der Waals surface area contributed by atoms with Crippen LogP contribution in [0.3, 0.4) is 0 Å². The maximum Gasteiger partial charge on any atom is 0.305 e. The smallest absolute Gasteiger partial charge is 0.305 e. The number of hydrogen-bond acceptors (Lipinski definition) is 4. The van der Waals surface area contributed by atoms with Crippen LogP contribution in [0, 0.1) is 12.3 Å². The Hall–Kier alpha value is -1.85. The van der Waals surface area contributed by atoms with E-state index in [1.54, 1.807) is 6.92 Å². The van der Waals surface area contributed by atoms with Gasteiger partial charge < -0.3 is 14.9 Å². The van der Waals surface area contributed by atoms with E-state index < -0.39 is 17.9 Å². The van der Waals surface area contributed by atoms with Gasteiger partial charge in [-0.25, -0.2) is 0 Å². The zero-order valence-corrected chi connectivity index (χ0v) is 11.7. The molecule has 1 aromatic rings. The van der Waals surface area contributed by atoms with E-state index in [4.69, 9.17) is 9.63 Å². The number of carboxylic acids is 1. The summed E-state index contributed by atoms with van der Waals surface area (Å²) in [4.78, 5) is 22.8. The summed E-state index contributed by atoms with van der Waals surface area (Å²) >= 11 is 0. The molecule has 0 aromatic carbocycles. The van der Waals surface area contributed by atoms with Crippen LogP contribution in [0.4, 0.5) is 0 Å².